The van der Waals surface area contributed by atoms with Crippen molar-refractivity contribution in [2.45, 2.75) is 13.5 Å². The molecule has 6 heterocycles. The maximum atomic E-state index is 13.3. The number of para-hydroxylation sites is 1. The molecule has 2 aliphatic rings. The molecular formula is C33H32N8O4S. The van der Waals surface area contributed by atoms with Gasteiger partial charge in [0.25, 0.3) is 11.8 Å². The van der Waals surface area contributed by atoms with Gasteiger partial charge in [0, 0.05) is 67.0 Å². The molecule has 12 nitrogen and oxygen atoms in total. The first-order chi connectivity index (χ1) is 22.4. The van der Waals surface area contributed by atoms with Crippen LogP contribution in [0.15, 0.2) is 53.1 Å². The molecule has 46 heavy (non-hydrogen) atoms. The molecule has 2 aromatic carbocycles. The van der Waals surface area contributed by atoms with Crippen LogP contribution in [-0.4, -0.2) is 94.3 Å². The SMILES string of the molecule is Cc1c(CN2CCN(C(=O)c3cc4cccc(C(N)=O)c4o3)CC2)sc2c(N3CCOCC3)nc(-c3ccc4cn[nH]c4c3)nc12. The normalized spacial score (nSPS) is 16.2. The number of furan rings is 1. The van der Waals surface area contributed by atoms with Crippen molar-refractivity contribution in [1.29, 1.82) is 0 Å². The van der Waals surface area contributed by atoms with Crippen LogP contribution in [0.5, 0.6) is 0 Å². The average molecular weight is 637 g/mol. The van der Waals surface area contributed by atoms with Crippen LogP contribution in [0, 0.1) is 6.92 Å². The first-order valence-corrected chi connectivity index (χ1v) is 16.1. The first kappa shape index (κ1) is 28.6. The Bertz CT molecular complexity index is 2120. The van der Waals surface area contributed by atoms with E-state index in [1.54, 1.807) is 34.4 Å². The number of nitrogens with one attached hydrogen (secondary N) is 1. The van der Waals surface area contributed by atoms with E-state index in [9.17, 15) is 9.59 Å². The van der Waals surface area contributed by atoms with E-state index < -0.39 is 5.91 Å². The van der Waals surface area contributed by atoms with Gasteiger partial charge < -0.3 is 24.7 Å². The van der Waals surface area contributed by atoms with Gasteiger partial charge in [-0.05, 0) is 30.7 Å². The molecule has 2 aliphatic heterocycles. The van der Waals surface area contributed by atoms with Crippen LogP contribution in [0.4, 0.5) is 5.82 Å². The largest absolute Gasteiger partial charge is 0.450 e. The smallest absolute Gasteiger partial charge is 0.289 e. The number of aromatic amines is 1. The van der Waals surface area contributed by atoms with Gasteiger partial charge in [-0.15, -0.1) is 11.3 Å². The van der Waals surface area contributed by atoms with Crippen molar-refractivity contribution in [2.75, 3.05) is 57.4 Å². The Hall–Kier alpha value is -4.85. The molecule has 0 unspecified atom stereocenters. The Labute approximate surface area is 267 Å². The number of aromatic nitrogens is 4. The molecule has 0 spiro atoms. The van der Waals surface area contributed by atoms with Crippen molar-refractivity contribution in [3.63, 3.8) is 0 Å². The highest BCUT2D eigenvalue weighted by Gasteiger charge is 2.28. The summed E-state index contributed by atoms with van der Waals surface area (Å²) in [6.45, 7) is 8.40. The second-order valence-electron chi connectivity index (χ2n) is 11.7. The highest BCUT2D eigenvalue weighted by Crippen LogP contribution is 2.38. The van der Waals surface area contributed by atoms with Crippen molar-refractivity contribution in [2.24, 2.45) is 5.73 Å². The number of benzene rings is 2. The number of nitrogens with two attached hydrogens (primary N) is 1. The molecule has 2 amide bonds. The molecule has 13 heteroatoms. The van der Waals surface area contributed by atoms with Gasteiger partial charge in [0.05, 0.1) is 40.7 Å². The standard InChI is InChI=1S/C33H32N8O4S/c1-19-26(18-39-7-9-41(10-8-39)33(43)25-16-20-3-2-4-23(30(34)42)28(20)45-25)46-29-27(19)36-31(37-32(29)40-11-13-44-14-12-40)21-5-6-22-17-35-38-24(22)15-21/h2-6,15-17H,7-14,18H2,1H3,(H2,34,42)(H,35,38). The van der Waals surface area contributed by atoms with E-state index in [1.807, 2.05) is 24.4 Å². The predicted molar refractivity (Wildman–Crippen MR) is 176 cm³/mol. The number of primary amides is 1. The van der Waals surface area contributed by atoms with Crippen LogP contribution in [0.2, 0.25) is 0 Å². The Kier molecular flexibility index (Phi) is 7.15. The number of rotatable bonds is 6. The number of aryl methyl sites for hydroxylation is 1. The van der Waals surface area contributed by atoms with Crippen LogP contribution in [0.25, 0.3) is 43.5 Å². The van der Waals surface area contributed by atoms with Gasteiger partial charge in [0.2, 0.25) is 0 Å². The molecule has 0 saturated carbocycles. The van der Waals surface area contributed by atoms with Crippen molar-refractivity contribution >= 4 is 61.1 Å². The van der Waals surface area contributed by atoms with Gasteiger partial charge in [-0.3, -0.25) is 19.6 Å². The highest BCUT2D eigenvalue weighted by atomic mass is 32.1. The molecular weight excluding hydrogens is 604 g/mol. The summed E-state index contributed by atoms with van der Waals surface area (Å²) in [4.78, 5) is 43.1. The Balaban J connectivity index is 1.04. The van der Waals surface area contributed by atoms with Crippen molar-refractivity contribution in [3.05, 3.63) is 70.4 Å². The van der Waals surface area contributed by atoms with E-state index in [0.29, 0.717) is 43.1 Å². The number of hydrogen-bond donors (Lipinski definition) is 2. The topological polar surface area (TPSA) is 147 Å². The molecule has 0 bridgehead atoms. The second kappa shape index (κ2) is 11.5. The Morgan fingerprint density at radius 3 is 2.63 bits per heavy atom. The summed E-state index contributed by atoms with van der Waals surface area (Å²) in [7, 11) is 0. The van der Waals surface area contributed by atoms with Crippen molar-refractivity contribution in [1.82, 2.24) is 30.0 Å². The number of morpholine rings is 1. The number of hydrogen-bond acceptors (Lipinski definition) is 10. The van der Waals surface area contributed by atoms with Crippen molar-refractivity contribution in [3.8, 4) is 11.4 Å². The third kappa shape index (κ3) is 5.06. The molecule has 8 rings (SSSR count). The molecule has 4 aromatic heterocycles. The number of ether oxygens (including phenoxy) is 1. The summed E-state index contributed by atoms with van der Waals surface area (Å²) in [6.07, 6.45) is 1.81. The molecule has 234 valence electrons. The molecule has 0 atom stereocenters. The van der Waals surface area contributed by atoms with Gasteiger partial charge in [-0.25, -0.2) is 9.97 Å². The maximum absolute atomic E-state index is 13.3. The van der Waals surface area contributed by atoms with Gasteiger partial charge in [0.1, 0.15) is 5.58 Å². The van der Waals surface area contributed by atoms with E-state index in [4.69, 9.17) is 24.9 Å². The number of H-pyrrole nitrogens is 1. The van der Waals surface area contributed by atoms with Gasteiger partial charge >= 0.3 is 0 Å². The predicted octanol–water partition coefficient (Wildman–Crippen LogP) is 4.18. The van der Waals surface area contributed by atoms with Crippen LogP contribution >= 0.6 is 11.3 Å². The fourth-order valence-electron chi connectivity index (χ4n) is 6.29. The van der Waals surface area contributed by atoms with Crippen LogP contribution in [-0.2, 0) is 11.3 Å². The average Bonchev–Trinajstić information content (AvgIpc) is 3.82. The number of amides is 2. The fourth-order valence-corrected chi connectivity index (χ4v) is 7.60. The zero-order valence-electron chi connectivity index (χ0n) is 25.3. The lowest BCUT2D eigenvalue weighted by Crippen LogP contribution is -2.48. The van der Waals surface area contributed by atoms with E-state index in [1.165, 1.54) is 4.88 Å². The summed E-state index contributed by atoms with van der Waals surface area (Å²) < 4.78 is 12.6. The minimum Gasteiger partial charge on any atom is -0.450 e. The summed E-state index contributed by atoms with van der Waals surface area (Å²) in [5, 5.41) is 8.95. The Morgan fingerprint density at radius 1 is 1.00 bits per heavy atom. The van der Waals surface area contributed by atoms with Gasteiger partial charge in [0.15, 0.2) is 17.4 Å². The van der Waals surface area contributed by atoms with Crippen LogP contribution in [0.3, 0.4) is 0 Å². The molecule has 0 aliphatic carbocycles. The quantitative estimate of drug-likeness (QED) is 0.275. The summed E-state index contributed by atoms with van der Waals surface area (Å²) in [6, 6.07) is 13.0. The number of nitrogens with zero attached hydrogens (tertiary/aromatic N) is 6. The van der Waals surface area contributed by atoms with Crippen molar-refractivity contribution < 1.29 is 18.7 Å². The third-order valence-electron chi connectivity index (χ3n) is 8.90. The van der Waals surface area contributed by atoms with E-state index in [-0.39, 0.29) is 17.2 Å². The minimum atomic E-state index is -0.584. The monoisotopic (exact) mass is 636 g/mol. The first-order valence-electron chi connectivity index (χ1n) is 15.3. The van der Waals surface area contributed by atoms with Crippen LogP contribution in [0.1, 0.15) is 31.4 Å². The lowest BCUT2D eigenvalue weighted by Gasteiger charge is -2.34. The lowest BCUT2D eigenvalue weighted by molar-refractivity contribution is 0.0600. The summed E-state index contributed by atoms with van der Waals surface area (Å²) in [5.74, 6) is 1.09. The summed E-state index contributed by atoms with van der Waals surface area (Å²) >= 11 is 1.76. The maximum Gasteiger partial charge on any atom is 0.289 e. The molecule has 6 aromatic rings. The number of anilines is 1. The fraction of sp³-hybridized carbons (Fsp3) is 0.303. The number of piperazine rings is 1. The molecule has 0 radical (unpaired) electrons. The number of carbonyl (C=O) groups excluding carboxylic acids is 2. The number of carbonyl (C=O) groups is 2. The van der Waals surface area contributed by atoms with E-state index >= 15 is 0 Å². The zero-order valence-corrected chi connectivity index (χ0v) is 26.1. The zero-order chi connectivity index (χ0) is 31.4. The molecule has 2 saturated heterocycles. The molecule has 2 fully saturated rings. The minimum absolute atomic E-state index is 0.185. The van der Waals surface area contributed by atoms with E-state index in [0.717, 1.165) is 70.8 Å². The van der Waals surface area contributed by atoms with Gasteiger partial charge in [-0.1, -0.05) is 24.3 Å². The molecule has 3 N–H and O–H groups in total. The van der Waals surface area contributed by atoms with Crippen LogP contribution < -0.4 is 10.6 Å². The second-order valence-corrected chi connectivity index (χ2v) is 12.8. The lowest BCUT2D eigenvalue weighted by atomic mass is 10.1. The van der Waals surface area contributed by atoms with E-state index in [2.05, 4.69) is 33.0 Å². The van der Waals surface area contributed by atoms with Gasteiger partial charge in [-0.2, -0.15) is 5.10 Å². The Morgan fingerprint density at radius 2 is 1.83 bits per heavy atom. The highest BCUT2D eigenvalue weighted by molar-refractivity contribution is 7.19. The number of thiophene rings is 1. The summed E-state index contributed by atoms with van der Waals surface area (Å²) in [5.41, 5.74) is 10.1. The third-order valence-corrected chi connectivity index (χ3v) is 10.2. The number of fused-ring (bicyclic) bond motifs is 3.